The van der Waals surface area contributed by atoms with Crippen molar-refractivity contribution in [1.82, 2.24) is 9.88 Å². The highest BCUT2D eigenvalue weighted by Gasteiger charge is 2.29. The molecule has 0 unspecified atom stereocenters. The van der Waals surface area contributed by atoms with Crippen molar-refractivity contribution in [1.29, 1.82) is 0 Å². The number of hydrogen-bond acceptors (Lipinski definition) is 2. The van der Waals surface area contributed by atoms with E-state index in [0.717, 1.165) is 6.54 Å². The van der Waals surface area contributed by atoms with Crippen molar-refractivity contribution in [3.05, 3.63) is 71.9 Å². The van der Waals surface area contributed by atoms with E-state index in [1.54, 1.807) is 7.11 Å². The van der Waals surface area contributed by atoms with Gasteiger partial charge in [-0.25, -0.2) is 0 Å². The standard InChI is InChI=1S/C27H34N2O2/c1-31-17-16-28-27(30)18-24(22-12-6-3-7-13-22)25-20-29(19-21-10-4-2-5-11-21)26-15-9-8-14-23(25)26/h2,4-5,8-11,14-15,20,22,24H,3,6-7,12-13,16-19H2,1H3,(H,28,30)/t24-/m0/s1. The molecule has 3 aromatic rings. The van der Waals surface area contributed by atoms with Gasteiger partial charge in [-0.3, -0.25) is 4.79 Å². The number of amides is 1. The number of benzene rings is 2. The quantitative estimate of drug-likeness (QED) is 0.466. The van der Waals surface area contributed by atoms with E-state index in [2.05, 4.69) is 70.7 Å². The molecule has 1 aliphatic rings. The first kappa shape index (κ1) is 21.6. The first-order valence-electron chi connectivity index (χ1n) is 11.6. The smallest absolute Gasteiger partial charge is 0.220 e. The molecule has 4 nitrogen and oxygen atoms in total. The van der Waals surface area contributed by atoms with Crippen molar-refractivity contribution in [2.75, 3.05) is 20.3 Å². The maximum atomic E-state index is 12.8. The Kier molecular flexibility index (Phi) is 7.42. The number of nitrogens with one attached hydrogen (secondary N) is 1. The maximum absolute atomic E-state index is 12.8. The molecule has 1 saturated carbocycles. The van der Waals surface area contributed by atoms with Crippen LogP contribution in [0.3, 0.4) is 0 Å². The number of carbonyl (C=O) groups excluding carboxylic acids is 1. The van der Waals surface area contributed by atoms with E-state index in [9.17, 15) is 4.79 Å². The Bertz CT molecular complexity index is 973. The fraction of sp³-hybridized carbons (Fsp3) is 0.444. The number of hydrogen-bond donors (Lipinski definition) is 1. The SMILES string of the molecule is COCCNC(=O)C[C@H](c1cn(Cc2ccccc2)c2ccccc12)C1CCCCC1. The first-order chi connectivity index (χ1) is 15.3. The lowest BCUT2D eigenvalue weighted by molar-refractivity contribution is -0.122. The van der Waals surface area contributed by atoms with Crippen molar-refractivity contribution >= 4 is 16.8 Å². The van der Waals surface area contributed by atoms with Crippen LogP contribution >= 0.6 is 0 Å². The van der Waals surface area contributed by atoms with Crippen LogP contribution in [0.5, 0.6) is 0 Å². The zero-order valence-electron chi connectivity index (χ0n) is 18.6. The maximum Gasteiger partial charge on any atom is 0.220 e. The fourth-order valence-corrected chi connectivity index (χ4v) is 5.11. The van der Waals surface area contributed by atoms with Gasteiger partial charge in [-0.05, 0) is 41.9 Å². The molecule has 31 heavy (non-hydrogen) atoms. The van der Waals surface area contributed by atoms with Crippen molar-refractivity contribution in [3.8, 4) is 0 Å². The summed E-state index contributed by atoms with van der Waals surface area (Å²) < 4.78 is 7.46. The molecule has 1 aliphatic carbocycles. The second-order valence-corrected chi connectivity index (χ2v) is 8.77. The molecule has 1 fully saturated rings. The van der Waals surface area contributed by atoms with E-state index >= 15 is 0 Å². The second kappa shape index (κ2) is 10.6. The molecule has 1 amide bonds. The summed E-state index contributed by atoms with van der Waals surface area (Å²) in [4.78, 5) is 12.8. The van der Waals surface area contributed by atoms with E-state index in [0.29, 0.717) is 25.5 Å². The molecule has 0 saturated heterocycles. The number of fused-ring (bicyclic) bond motifs is 1. The van der Waals surface area contributed by atoms with E-state index < -0.39 is 0 Å². The Morgan fingerprint density at radius 1 is 1.06 bits per heavy atom. The lowest BCUT2D eigenvalue weighted by atomic mass is 9.75. The minimum atomic E-state index is 0.132. The van der Waals surface area contributed by atoms with Crippen LogP contribution in [-0.2, 0) is 16.1 Å². The molecule has 1 atom stereocenters. The van der Waals surface area contributed by atoms with Crippen molar-refractivity contribution < 1.29 is 9.53 Å². The molecular weight excluding hydrogens is 384 g/mol. The number of para-hydroxylation sites is 1. The number of carbonyl (C=O) groups is 1. The highest BCUT2D eigenvalue weighted by molar-refractivity contribution is 5.86. The Morgan fingerprint density at radius 2 is 1.81 bits per heavy atom. The van der Waals surface area contributed by atoms with Gasteiger partial charge in [0.05, 0.1) is 6.61 Å². The van der Waals surface area contributed by atoms with Crippen LogP contribution in [0.1, 0.15) is 55.6 Å². The predicted molar refractivity (Wildman–Crippen MR) is 126 cm³/mol. The van der Waals surface area contributed by atoms with Gasteiger partial charge in [0.25, 0.3) is 0 Å². The van der Waals surface area contributed by atoms with Crippen LogP contribution in [0.4, 0.5) is 0 Å². The van der Waals surface area contributed by atoms with Gasteiger partial charge >= 0.3 is 0 Å². The largest absolute Gasteiger partial charge is 0.383 e. The lowest BCUT2D eigenvalue weighted by Gasteiger charge is -2.30. The zero-order chi connectivity index (χ0) is 21.5. The van der Waals surface area contributed by atoms with Crippen LogP contribution in [0.2, 0.25) is 0 Å². The Balaban J connectivity index is 1.66. The molecule has 0 spiro atoms. The van der Waals surface area contributed by atoms with Crippen LogP contribution < -0.4 is 5.32 Å². The summed E-state index contributed by atoms with van der Waals surface area (Å²) in [5.74, 6) is 0.954. The molecule has 164 valence electrons. The van der Waals surface area contributed by atoms with E-state index in [1.165, 1.54) is 54.1 Å². The molecule has 4 rings (SSSR count). The van der Waals surface area contributed by atoms with E-state index in [1.807, 2.05) is 0 Å². The normalized spacial score (nSPS) is 15.8. The fourth-order valence-electron chi connectivity index (χ4n) is 5.11. The van der Waals surface area contributed by atoms with Gasteiger partial charge in [-0.15, -0.1) is 0 Å². The van der Waals surface area contributed by atoms with Gasteiger partial charge in [0.2, 0.25) is 5.91 Å². The molecule has 0 aliphatic heterocycles. The molecule has 1 heterocycles. The minimum Gasteiger partial charge on any atom is -0.383 e. The summed E-state index contributed by atoms with van der Waals surface area (Å²) in [5.41, 5.74) is 3.88. The number of rotatable bonds is 9. The topological polar surface area (TPSA) is 43.3 Å². The predicted octanol–water partition coefficient (Wildman–Crippen LogP) is 5.51. The summed E-state index contributed by atoms with van der Waals surface area (Å²) in [6, 6.07) is 19.3. The van der Waals surface area contributed by atoms with Crippen LogP contribution in [0.25, 0.3) is 10.9 Å². The Morgan fingerprint density at radius 3 is 2.58 bits per heavy atom. The zero-order valence-corrected chi connectivity index (χ0v) is 18.6. The monoisotopic (exact) mass is 418 g/mol. The Hall–Kier alpha value is -2.59. The van der Waals surface area contributed by atoms with Crippen molar-refractivity contribution in [3.63, 3.8) is 0 Å². The molecular formula is C27H34N2O2. The third kappa shape index (κ3) is 5.37. The minimum absolute atomic E-state index is 0.132. The van der Waals surface area contributed by atoms with Gasteiger partial charge in [-0.1, -0.05) is 67.8 Å². The van der Waals surface area contributed by atoms with Gasteiger partial charge < -0.3 is 14.6 Å². The second-order valence-electron chi connectivity index (χ2n) is 8.77. The van der Waals surface area contributed by atoms with Gasteiger partial charge in [-0.2, -0.15) is 0 Å². The highest BCUT2D eigenvalue weighted by atomic mass is 16.5. The van der Waals surface area contributed by atoms with Gasteiger partial charge in [0.15, 0.2) is 0 Å². The number of ether oxygens (including phenoxy) is 1. The summed E-state index contributed by atoms with van der Waals surface area (Å²) in [6.07, 6.45) is 9.17. The number of nitrogens with zero attached hydrogens (tertiary/aromatic N) is 1. The Labute approximate surface area is 185 Å². The third-order valence-electron chi connectivity index (χ3n) is 6.67. The van der Waals surface area contributed by atoms with Gasteiger partial charge in [0.1, 0.15) is 0 Å². The lowest BCUT2D eigenvalue weighted by Crippen LogP contribution is -2.30. The molecule has 0 radical (unpaired) electrons. The average Bonchev–Trinajstić information content (AvgIpc) is 3.17. The van der Waals surface area contributed by atoms with Crippen molar-refractivity contribution in [2.24, 2.45) is 5.92 Å². The van der Waals surface area contributed by atoms with E-state index in [-0.39, 0.29) is 11.8 Å². The highest BCUT2D eigenvalue weighted by Crippen LogP contribution is 2.41. The third-order valence-corrected chi connectivity index (χ3v) is 6.67. The summed E-state index contributed by atoms with van der Waals surface area (Å²) in [5, 5.41) is 4.34. The number of aromatic nitrogens is 1. The van der Waals surface area contributed by atoms with Crippen LogP contribution in [0, 0.1) is 5.92 Å². The molecule has 0 bridgehead atoms. The average molecular weight is 419 g/mol. The molecule has 4 heteroatoms. The van der Waals surface area contributed by atoms with Crippen LogP contribution in [-0.4, -0.2) is 30.7 Å². The first-order valence-corrected chi connectivity index (χ1v) is 11.6. The molecule has 1 aromatic heterocycles. The summed E-state index contributed by atoms with van der Waals surface area (Å²) in [6.45, 7) is 1.97. The van der Waals surface area contributed by atoms with Gasteiger partial charge in [0, 0.05) is 43.7 Å². The van der Waals surface area contributed by atoms with Crippen LogP contribution in [0.15, 0.2) is 60.8 Å². The molecule has 2 aromatic carbocycles. The van der Waals surface area contributed by atoms with Crippen molar-refractivity contribution in [2.45, 2.75) is 51.0 Å². The number of methoxy groups -OCH3 is 1. The summed E-state index contributed by atoms with van der Waals surface area (Å²) in [7, 11) is 1.67. The molecule has 1 N–H and O–H groups in total. The van der Waals surface area contributed by atoms with E-state index in [4.69, 9.17) is 4.74 Å². The summed E-state index contributed by atoms with van der Waals surface area (Å²) >= 11 is 0.